The molecule has 0 unspecified atom stereocenters. The SMILES string of the molecule is O=C(NC[C@@H](c1cccs1)N1CCc2ccccc21)C(=O)Nc1ccc(F)c(Cl)c1. The molecule has 0 bridgehead atoms. The van der Waals surface area contributed by atoms with E-state index >= 15 is 0 Å². The van der Waals surface area contributed by atoms with Crippen LogP contribution in [-0.4, -0.2) is 24.9 Å². The van der Waals surface area contributed by atoms with Gasteiger partial charge in [-0.1, -0.05) is 35.9 Å². The van der Waals surface area contributed by atoms with Crippen LogP contribution in [-0.2, 0) is 16.0 Å². The van der Waals surface area contributed by atoms with E-state index in [2.05, 4.69) is 27.7 Å². The van der Waals surface area contributed by atoms with Gasteiger partial charge >= 0.3 is 11.8 Å². The topological polar surface area (TPSA) is 61.4 Å². The molecule has 0 spiro atoms. The fourth-order valence-electron chi connectivity index (χ4n) is 3.56. The second-order valence-electron chi connectivity index (χ2n) is 6.90. The number of carbonyl (C=O) groups excluding carboxylic acids is 2. The summed E-state index contributed by atoms with van der Waals surface area (Å²) in [6.45, 7) is 1.13. The van der Waals surface area contributed by atoms with Crippen molar-refractivity contribution in [3.63, 3.8) is 0 Å². The van der Waals surface area contributed by atoms with Gasteiger partial charge in [-0.05, 0) is 47.7 Å². The number of nitrogens with one attached hydrogen (secondary N) is 2. The molecule has 1 aliphatic heterocycles. The molecule has 154 valence electrons. The summed E-state index contributed by atoms with van der Waals surface area (Å²) in [5.41, 5.74) is 2.68. The number of rotatable bonds is 5. The van der Waals surface area contributed by atoms with Crippen LogP contribution in [0.15, 0.2) is 60.0 Å². The molecule has 0 fully saturated rings. The van der Waals surface area contributed by atoms with Crippen LogP contribution in [0.3, 0.4) is 0 Å². The molecule has 3 aromatic rings. The zero-order chi connectivity index (χ0) is 21.1. The third kappa shape index (κ3) is 4.32. The van der Waals surface area contributed by atoms with E-state index in [-0.39, 0.29) is 23.3 Å². The van der Waals surface area contributed by atoms with Crippen LogP contribution in [0.2, 0.25) is 5.02 Å². The first kappa shape index (κ1) is 20.4. The van der Waals surface area contributed by atoms with Gasteiger partial charge in [0, 0.05) is 29.3 Å². The molecule has 5 nitrogen and oxygen atoms in total. The molecule has 4 rings (SSSR count). The first-order valence-electron chi connectivity index (χ1n) is 9.45. The van der Waals surface area contributed by atoms with E-state index in [0.717, 1.165) is 29.6 Å². The minimum absolute atomic E-state index is 0.0781. The van der Waals surface area contributed by atoms with Gasteiger partial charge in [-0.15, -0.1) is 11.3 Å². The fraction of sp³-hybridized carbons (Fsp3) is 0.182. The molecule has 2 amide bonds. The number of carbonyl (C=O) groups is 2. The molecule has 2 N–H and O–H groups in total. The van der Waals surface area contributed by atoms with Gasteiger partial charge in [-0.2, -0.15) is 0 Å². The molecular formula is C22H19ClFN3O2S. The van der Waals surface area contributed by atoms with E-state index in [0.29, 0.717) is 0 Å². The molecule has 30 heavy (non-hydrogen) atoms. The number of para-hydroxylation sites is 1. The number of thiophene rings is 1. The molecule has 0 saturated heterocycles. The molecule has 2 heterocycles. The maximum atomic E-state index is 13.3. The Balaban J connectivity index is 1.44. The Bertz CT molecular complexity index is 1070. The molecule has 0 aliphatic carbocycles. The van der Waals surface area contributed by atoms with Gasteiger partial charge in [0.2, 0.25) is 0 Å². The number of anilines is 2. The lowest BCUT2D eigenvalue weighted by Gasteiger charge is -2.30. The van der Waals surface area contributed by atoms with Crippen molar-refractivity contribution in [3.05, 3.63) is 81.3 Å². The van der Waals surface area contributed by atoms with Gasteiger partial charge in [-0.25, -0.2) is 4.39 Å². The second kappa shape index (κ2) is 8.85. The van der Waals surface area contributed by atoms with Crippen LogP contribution in [0.4, 0.5) is 15.8 Å². The molecule has 1 aliphatic rings. The van der Waals surface area contributed by atoms with Crippen molar-refractivity contribution in [2.24, 2.45) is 0 Å². The average molecular weight is 444 g/mol. The fourth-order valence-corrected chi connectivity index (χ4v) is 4.58. The van der Waals surface area contributed by atoms with Crippen LogP contribution in [0.1, 0.15) is 16.5 Å². The molecule has 1 aromatic heterocycles. The van der Waals surface area contributed by atoms with Crippen LogP contribution in [0.25, 0.3) is 0 Å². The molecule has 2 aromatic carbocycles. The van der Waals surface area contributed by atoms with E-state index < -0.39 is 17.6 Å². The predicted octanol–water partition coefficient (Wildman–Crippen LogP) is 4.40. The third-order valence-electron chi connectivity index (χ3n) is 5.01. The maximum Gasteiger partial charge on any atom is 0.313 e. The van der Waals surface area contributed by atoms with Crippen molar-refractivity contribution in [1.82, 2.24) is 5.32 Å². The molecule has 0 radical (unpaired) electrons. The summed E-state index contributed by atoms with van der Waals surface area (Å²) in [5, 5.41) is 7.04. The van der Waals surface area contributed by atoms with Crippen LogP contribution in [0, 0.1) is 5.82 Å². The zero-order valence-corrected chi connectivity index (χ0v) is 17.5. The predicted molar refractivity (Wildman–Crippen MR) is 118 cm³/mol. The van der Waals surface area contributed by atoms with Crippen LogP contribution in [0.5, 0.6) is 0 Å². The Kier molecular flexibility index (Phi) is 6.01. The number of benzene rings is 2. The molecule has 8 heteroatoms. The number of hydrogen-bond donors (Lipinski definition) is 2. The summed E-state index contributed by atoms with van der Waals surface area (Å²) in [4.78, 5) is 28.0. The van der Waals surface area contributed by atoms with Gasteiger partial charge in [0.1, 0.15) is 5.82 Å². The smallest absolute Gasteiger partial charge is 0.313 e. The highest BCUT2D eigenvalue weighted by Gasteiger charge is 2.28. The standard InChI is InChI=1S/C22H19ClFN3O2S/c23-16-12-15(7-8-17(16)24)26-22(29)21(28)25-13-19(20-6-3-11-30-20)27-10-9-14-4-1-2-5-18(14)27/h1-8,11-12,19H,9-10,13H2,(H,25,28)(H,26,29)/t19-/m0/s1. The summed E-state index contributed by atoms with van der Waals surface area (Å²) < 4.78 is 13.3. The lowest BCUT2D eigenvalue weighted by atomic mass is 10.1. The summed E-state index contributed by atoms with van der Waals surface area (Å²) in [7, 11) is 0. The average Bonchev–Trinajstić information content (AvgIpc) is 3.42. The van der Waals surface area contributed by atoms with Crippen molar-refractivity contribution in [3.8, 4) is 0 Å². The quantitative estimate of drug-likeness (QED) is 0.574. The van der Waals surface area contributed by atoms with Gasteiger partial charge in [0.05, 0.1) is 11.1 Å². The minimum Gasteiger partial charge on any atom is -0.361 e. The number of hydrogen-bond acceptors (Lipinski definition) is 4. The van der Waals surface area contributed by atoms with Crippen LogP contribution >= 0.6 is 22.9 Å². The Labute approximate surface area is 182 Å². The highest BCUT2D eigenvalue weighted by atomic mass is 35.5. The zero-order valence-electron chi connectivity index (χ0n) is 15.9. The largest absolute Gasteiger partial charge is 0.361 e. The highest BCUT2D eigenvalue weighted by Crippen LogP contribution is 2.36. The van der Waals surface area contributed by atoms with Gasteiger partial charge in [0.15, 0.2) is 0 Å². The van der Waals surface area contributed by atoms with E-state index in [4.69, 9.17) is 11.6 Å². The summed E-state index contributed by atoms with van der Waals surface area (Å²) in [5.74, 6) is -2.18. The van der Waals surface area contributed by atoms with Crippen molar-refractivity contribution in [2.45, 2.75) is 12.5 Å². The summed E-state index contributed by atoms with van der Waals surface area (Å²) in [6, 6.07) is 15.9. The number of amides is 2. The van der Waals surface area contributed by atoms with E-state index in [1.807, 2.05) is 29.6 Å². The van der Waals surface area contributed by atoms with Gasteiger partial charge in [-0.3, -0.25) is 9.59 Å². The Hall–Kier alpha value is -2.90. The van der Waals surface area contributed by atoms with Crippen molar-refractivity contribution >= 4 is 46.1 Å². The number of nitrogens with zero attached hydrogens (tertiary/aromatic N) is 1. The van der Waals surface area contributed by atoms with Crippen LogP contribution < -0.4 is 15.5 Å². The summed E-state index contributed by atoms with van der Waals surface area (Å²) >= 11 is 7.33. The van der Waals surface area contributed by atoms with E-state index in [1.165, 1.54) is 17.7 Å². The summed E-state index contributed by atoms with van der Waals surface area (Å²) in [6.07, 6.45) is 0.942. The first-order chi connectivity index (χ1) is 14.5. The third-order valence-corrected chi connectivity index (χ3v) is 6.27. The number of fused-ring (bicyclic) bond motifs is 1. The molecule has 0 saturated carbocycles. The normalized spacial score (nSPS) is 13.6. The Morgan fingerprint density at radius 2 is 1.97 bits per heavy atom. The molecule has 1 atom stereocenters. The van der Waals surface area contributed by atoms with Gasteiger partial charge in [0.25, 0.3) is 0 Å². The van der Waals surface area contributed by atoms with Crippen molar-refractivity contribution in [1.29, 1.82) is 0 Å². The maximum absolute atomic E-state index is 13.3. The first-order valence-corrected chi connectivity index (χ1v) is 10.7. The van der Waals surface area contributed by atoms with Gasteiger partial charge < -0.3 is 15.5 Å². The van der Waals surface area contributed by atoms with E-state index in [1.54, 1.807) is 11.3 Å². The van der Waals surface area contributed by atoms with Crippen molar-refractivity contribution < 1.29 is 14.0 Å². The lowest BCUT2D eigenvalue weighted by molar-refractivity contribution is -0.136. The lowest BCUT2D eigenvalue weighted by Crippen LogP contribution is -2.41. The highest BCUT2D eigenvalue weighted by molar-refractivity contribution is 7.10. The monoisotopic (exact) mass is 443 g/mol. The number of halogens is 2. The van der Waals surface area contributed by atoms with E-state index in [9.17, 15) is 14.0 Å². The second-order valence-corrected chi connectivity index (χ2v) is 8.28. The van der Waals surface area contributed by atoms with Crippen molar-refractivity contribution in [2.75, 3.05) is 23.3 Å². The minimum atomic E-state index is -0.829. The Morgan fingerprint density at radius 3 is 2.73 bits per heavy atom. The molecular weight excluding hydrogens is 425 g/mol. The Morgan fingerprint density at radius 1 is 1.13 bits per heavy atom.